The van der Waals surface area contributed by atoms with Gasteiger partial charge in [0.25, 0.3) is 0 Å². The predicted octanol–water partition coefficient (Wildman–Crippen LogP) is 2.04. The second kappa shape index (κ2) is 4.43. The van der Waals surface area contributed by atoms with Gasteiger partial charge in [0.15, 0.2) is 0 Å². The Morgan fingerprint density at radius 2 is 1.85 bits per heavy atom. The standard InChI is InChI=1S/C11H21NO/c1-2-3-4-7-12-10-5-6-11(12)9-13-8-10/h10-11H,2-9H2,1H3/t10-,11?/m1/s1. The zero-order chi connectivity index (χ0) is 9.10. The van der Waals surface area contributed by atoms with Crippen molar-refractivity contribution in [1.82, 2.24) is 4.90 Å². The number of ether oxygens (including phenoxy) is 1. The topological polar surface area (TPSA) is 12.5 Å². The largest absolute Gasteiger partial charge is 0.378 e. The van der Waals surface area contributed by atoms with Crippen LogP contribution in [0.3, 0.4) is 0 Å². The molecule has 0 saturated carbocycles. The van der Waals surface area contributed by atoms with Crippen molar-refractivity contribution in [2.24, 2.45) is 0 Å². The van der Waals surface area contributed by atoms with Crippen molar-refractivity contribution in [1.29, 1.82) is 0 Å². The molecule has 0 aromatic rings. The first-order valence-corrected chi connectivity index (χ1v) is 5.75. The molecule has 0 aliphatic carbocycles. The Bertz CT molecular complexity index is 144. The van der Waals surface area contributed by atoms with E-state index >= 15 is 0 Å². The molecule has 2 atom stereocenters. The van der Waals surface area contributed by atoms with Crippen LogP contribution in [0.4, 0.5) is 0 Å². The van der Waals surface area contributed by atoms with Crippen LogP contribution in [0.5, 0.6) is 0 Å². The summed E-state index contributed by atoms with van der Waals surface area (Å²) in [5.74, 6) is 0. The van der Waals surface area contributed by atoms with E-state index in [-0.39, 0.29) is 0 Å². The minimum Gasteiger partial charge on any atom is -0.378 e. The van der Waals surface area contributed by atoms with E-state index in [0.29, 0.717) is 0 Å². The van der Waals surface area contributed by atoms with Gasteiger partial charge in [-0.2, -0.15) is 0 Å². The van der Waals surface area contributed by atoms with Gasteiger partial charge in [0, 0.05) is 12.1 Å². The van der Waals surface area contributed by atoms with Gasteiger partial charge in [0.1, 0.15) is 0 Å². The zero-order valence-corrected chi connectivity index (χ0v) is 8.67. The van der Waals surface area contributed by atoms with Gasteiger partial charge in [0.2, 0.25) is 0 Å². The minimum absolute atomic E-state index is 0.760. The van der Waals surface area contributed by atoms with Crippen LogP contribution in [0.2, 0.25) is 0 Å². The number of hydrogen-bond acceptors (Lipinski definition) is 2. The lowest BCUT2D eigenvalue weighted by Crippen LogP contribution is -2.46. The van der Waals surface area contributed by atoms with Gasteiger partial charge >= 0.3 is 0 Å². The second-order valence-electron chi connectivity index (χ2n) is 4.37. The van der Waals surface area contributed by atoms with Crippen molar-refractivity contribution < 1.29 is 4.74 Å². The lowest BCUT2D eigenvalue weighted by atomic mass is 10.2. The summed E-state index contributed by atoms with van der Waals surface area (Å²) >= 11 is 0. The number of rotatable bonds is 4. The van der Waals surface area contributed by atoms with Crippen LogP contribution in [0, 0.1) is 0 Å². The molecule has 76 valence electrons. The molecule has 2 bridgehead atoms. The number of unbranched alkanes of at least 4 members (excludes halogenated alkanes) is 2. The number of morpholine rings is 1. The molecule has 2 aliphatic heterocycles. The summed E-state index contributed by atoms with van der Waals surface area (Å²) in [6.07, 6.45) is 6.84. The maximum Gasteiger partial charge on any atom is 0.0622 e. The van der Waals surface area contributed by atoms with Gasteiger partial charge in [-0.3, -0.25) is 4.90 Å². The molecule has 2 aliphatic rings. The van der Waals surface area contributed by atoms with E-state index in [4.69, 9.17) is 4.74 Å². The molecule has 13 heavy (non-hydrogen) atoms. The average Bonchev–Trinajstić information content (AvgIpc) is 2.38. The molecule has 2 fully saturated rings. The number of nitrogens with zero attached hydrogens (tertiary/aromatic N) is 1. The van der Waals surface area contributed by atoms with Gasteiger partial charge in [-0.05, 0) is 25.8 Å². The molecule has 2 rings (SSSR count). The van der Waals surface area contributed by atoms with Crippen molar-refractivity contribution in [3.05, 3.63) is 0 Å². The van der Waals surface area contributed by atoms with Crippen LogP contribution >= 0.6 is 0 Å². The van der Waals surface area contributed by atoms with Crippen molar-refractivity contribution in [3.63, 3.8) is 0 Å². The Labute approximate surface area is 81.3 Å². The van der Waals surface area contributed by atoms with Crippen LogP contribution in [0.15, 0.2) is 0 Å². The molecule has 0 aromatic heterocycles. The van der Waals surface area contributed by atoms with E-state index in [9.17, 15) is 0 Å². The predicted molar refractivity (Wildman–Crippen MR) is 53.9 cm³/mol. The Morgan fingerprint density at radius 3 is 2.46 bits per heavy atom. The molecule has 0 spiro atoms. The molecular formula is C11H21NO. The maximum absolute atomic E-state index is 5.55. The summed E-state index contributed by atoms with van der Waals surface area (Å²) in [6, 6.07) is 1.52. The van der Waals surface area contributed by atoms with E-state index < -0.39 is 0 Å². The Balaban J connectivity index is 1.78. The van der Waals surface area contributed by atoms with Crippen molar-refractivity contribution in [2.75, 3.05) is 19.8 Å². The summed E-state index contributed by atoms with van der Waals surface area (Å²) in [4.78, 5) is 2.69. The van der Waals surface area contributed by atoms with Crippen LogP contribution in [-0.2, 0) is 4.74 Å². The van der Waals surface area contributed by atoms with Crippen molar-refractivity contribution in [3.8, 4) is 0 Å². The number of hydrogen-bond donors (Lipinski definition) is 0. The van der Waals surface area contributed by atoms with E-state index in [0.717, 1.165) is 25.3 Å². The van der Waals surface area contributed by atoms with E-state index in [1.165, 1.54) is 38.6 Å². The third kappa shape index (κ3) is 2.05. The van der Waals surface area contributed by atoms with Gasteiger partial charge in [-0.1, -0.05) is 19.8 Å². The average molecular weight is 183 g/mol. The highest BCUT2D eigenvalue weighted by Gasteiger charge is 2.36. The summed E-state index contributed by atoms with van der Waals surface area (Å²) in [5.41, 5.74) is 0. The van der Waals surface area contributed by atoms with Crippen LogP contribution in [0.1, 0.15) is 39.0 Å². The van der Waals surface area contributed by atoms with Crippen LogP contribution in [0.25, 0.3) is 0 Å². The molecule has 2 nitrogen and oxygen atoms in total. The van der Waals surface area contributed by atoms with Gasteiger partial charge in [0.05, 0.1) is 13.2 Å². The fourth-order valence-electron chi connectivity index (χ4n) is 2.62. The fourth-order valence-corrected chi connectivity index (χ4v) is 2.62. The smallest absolute Gasteiger partial charge is 0.0622 e. The quantitative estimate of drug-likeness (QED) is 0.618. The van der Waals surface area contributed by atoms with Crippen molar-refractivity contribution >= 4 is 0 Å². The minimum atomic E-state index is 0.760. The first-order valence-electron chi connectivity index (χ1n) is 5.75. The van der Waals surface area contributed by atoms with Crippen molar-refractivity contribution in [2.45, 2.75) is 51.1 Å². The molecule has 0 N–H and O–H groups in total. The molecule has 0 aromatic carbocycles. The summed E-state index contributed by atoms with van der Waals surface area (Å²) in [5, 5.41) is 0. The summed E-state index contributed by atoms with van der Waals surface area (Å²) in [7, 11) is 0. The Kier molecular flexibility index (Phi) is 3.23. The third-order valence-corrected chi connectivity index (χ3v) is 3.41. The molecule has 0 radical (unpaired) electrons. The zero-order valence-electron chi connectivity index (χ0n) is 8.67. The normalized spacial score (nSPS) is 33.9. The first kappa shape index (κ1) is 9.47. The summed E-state index contributed by atoms with van der Waals surface area (Å²) < 4.78 is 5.55. The van der Waals surface area contributed by atoms with E-state index in [2.05, 4.69) is 11.8 Å². The second-order valence-corrected chi connectivity index (χ2v) is 4.37. The molecule has 2 heterocycles. The highest BCUT2D eigenvalue weighted by Crippen LogP contribution is 2.28. The first-order chi connectivity index (χ1) is 6.42. The van der Waals surface area contributed by atoms with Gasteiger partial charge in [-0.15, -0.1) is 0 Å². The molecule has 1 unspecified atom stereocenters. The molecular weight excluding hydrogens is 162 g/mol. The maximum atomic E-state index is 5.55. The van der Waals surface area contributed by atoms with E-state index in [1.807, 2.05) is 0 Å². The Morgan fingerprint density at radius 1 is 1.15 bits per heavy atom. The van der Waals surface area contributed by atoms with Crippen LogP contribution in [-0.4, -0.2) is 36.7 Å². The number of fused-ring (bicyclic) bond motifs is 2. The third-order valence-electron chi connectivity index (χ3n) is 3.41. The SMILES string of the molecule is CCCCCN1C2CC[C@@H]1COC2. The lowest BCUT2D eigenvalue weighted by Gasteiger charge is -2.34. The van der Waals surface area contributed by atoms with E-state index in [1.54, 1.807) is 0 Å². The lowest BCUT2D eigenvalue weighted by molar-refractivity contribution is -0.0149. The summed E-state index contributed by atoms with van der Waals surface area (Å²) in [6.45, 7) is 5.56. The molecule has 2 heteroatoms. The molecule has 0 amide bonds. The van der Waals surface area contributed by atoms with Crippen LogP contribution < -0.4 is 0 Å². The molecule has 2 saturated heterocycles. The van der Waals surface area contributed by atoms with Gasteiger partial charge in [-0.25, -0.2) is 0 Å². The Hall–Kier alpha value is -0.0800. The highest BCUT2D eigenvalue weighted by atomic mass is 16.5. The highest BCUT2D eigenvalue weighted by molar-refractivity contribution is 4.90. The monoisotopic (exact) mass is 183 g/mol. The van der Waals surface area contributed by atoms with Gasteiger partial charge < -0.3 is 4.74 Å². The fraction of sp³-hybridized carbons (Fsp3) is 1.00.